The fraction of sp³-hybridized carbons (Fsp3) is 0.812. The first-order valence-electron chi connectivity index (χ1n) is 7.61. The number of amides is 1. The van der Waals surface area contributed by atoms with E-state index in [1.165, 1.54) is 7.11 Å². The average molecular weight is 315 g/mol. The monoisotopic (exact) mass is 315 g/mol. The summed E-state index contributed by atoms with van der Waals surface area (Å²) in [5.74, 6) is -0.361. The first kappa shape index (κ1) is 20.4. The maximum atomic E-state index is 11.8. The Morgan fingerprint density at radius 3 is 2.18 bits per heavy atom. The predicted octanol–water partition coefficient (Wildman–Crippen LogP) is 2.70. The van der Waals surface area contributed by atoms with Crippen LogP contribution in [0, 0.1) is 11.8 Å². The van der Waals surface area contributed by atoms with Crippen LogP contribution < -0.4 is 5.32 Å². The van der Waals surface area contributed by atoms with Gasteiger partial charge in [-0.1, -0.05) is 13.8 Å². The number of alkyl carbamates (subject to hydrolysis) is 1. The predicted molar refractivity (Wildman–Crippen MR) is 83.4 cm³/mol. The number of esters is 1. The van der Waals surface area contributed by atoms with Crippen LogP contribution in [0.15, 0.2) is 0 Å². The summed E-state index contributed by atoms with van der Waals surface area (Å²) in [6, 6.07) is 0. The van der Waals surface area contributed by atoms with Crippen molar-refractivity contribution >= 4 is 17.8 Å². The van der Waals surface area contributed by atoms with E-state index in [0.29, 0.717) is 18.8 Å². The number of carbonyl (C=O) groups excluding carboxylic acids is 3. The van der Waals surface area contributed by atoms with Gasteiger partial charge in [-0.05, 0) is 39.5 Å². The molecule has 6 heteroatoms. The minimum atomic E-state index is -0.618. The highest BCUT2D eigenvalue weighted by atomic mass is 16.6. The minimum absolute atomic E-state index is 0.0928. The van der Waals surface area contributed by atoms with Gasteiger partial charge in [-0.3, -0.25) is 9.59 Å². The second kappa shape index (κ2) is 9.43. The Morgan fingerprint density at radius 2 is 1.73 bits per heavy atom. The Hall–Kier alpha value is -1.59. The Balaban J connectivity index is 4.19. The van der Waals surface area contributed by atoms with Crippen LogP contribution >= 0.6 is 0 Å². The fourth-order valence-electron chi connectivity index (χ4n) is 1.98. The lowest BCUT2D eigenvalue weighted by Gasteiger charge is -2.19. The van der Waals surface area contributed by atoms with Crippen LogP contribution in [0.2, 0.25) is 0 Å². The van der Waals surface area contributed by atoms with Crippen molar-refractivity contribution in [3.05, 3.63) is 0 Å². The average Bonchev–Trinajstić information content (AvgIpc) is 2.37. The second-order valence-corrected chi connectivity index (χ2v) is 6.78. The van der Waals surface area contributed by atoms with E-state index in [0.717, 1.165) is 0 Å². The molecule has 1 N–H and O–H groups in total. The van der Waals surface area contributed by atoms with Crippen molar-refractivity contribution in [2.45, 2.75) is 59.5 Å². The first-order valence-corrected chi connectivity index (χ1v) is 7.61. The highest BCUT2D eigenvalue weighted by molar-refractivity contribution is 5.84. The molecule has 22 heavy (non-hydrogen) atoms. The summed E-state index contributed by atoms with van der Waals surface area (Å²) in [4.78, 5) is 34.9. The quantitative estimate of drug-likeness (QED) is 0.696. The summed E-state index contributed by atoms with van der Waals surface area (Å²) in [6.45, 7) is 9.19. The molecule has 6 nitrogen and oxygen atoms in total. The SMILES string of the molecule is COC(=O)C(CCC(=O)CNC(=O)OC(C)(C)C)CC(C)C. The molecule has 0 saturated heterocycles. The van der Waals surface area contributed by atoms with E-state index in [1.54, 1.807) is 20.8 Å². The number of methoxy groups -OCH3 is 1. The number of ether oxygens (including phenoxy) is 2. The Morgan fingerprint density at radius 1 is 1.14 bits per heavy atom. The van der Waals surface area contributed by atoms with Crippen molar-refractivity contribution in [1.82, 2.24) is 5.32 Å². The highest BCUT2D eigenvalue weighted by Gasteiger charge is 2.22. The van der Waals surface area contributed by atoms with Crippen molar-refractivity contribution in [2.75, 3.05) is 13.7 Å². The topological polar surface area (TPSA) is 81.7 Å². The van der Waals surface area contributed by atoms with Gasteiger partial charge in [0.15, 0.2) is 5.78 Å². The molecule has 0 aliphatic carbocycles. The van der Waals surface area contributed by atoms with Gasteiger partial charge in [0.1, 0.15) is 5.60 Å². The lowest BCUT2D eigenvalue weighted by atomic mass is 9.92. The third-order valence-electron chi connectivity index (χ3n) is 2.89. The zero-order chi connectivity index (χ0) is 17.3. The third-order valence-corrected chi connectivity index (χ3v) is 2.89. The van der Waals surface area contributed by atoms with Crippen LogP contribution in [0.25, 0.3) is 0 Å². The minimum Gasteiger partial charge on any atom is -0.469 e. The molecule has 0 spiro atoms. The van der Waals surface area contributed by atoms with Gasteiger partial charge in [-0.15, -0.1) is 0 Å². The summed E-state index contributed by atoms with van der Waals surface area (Å²) >= 11 is 0. The number of Topliss-reactive ketones (excluding diaryl/α,β-unsaturated/α-hetero) is 1. The molecular formula is C16H29NO5. The van der Waals surface area contributed by atoms with Gasteiger partial charge in [0.05, 0.1) is 19.6 Å². The Bertz CT molecular complexity index is 384. The molecular weight excluding hydrogens is 286 g/mol. The van der Waals surface area contributed by atoms with Crippen molar-refractivity contribution < 1.29 is 23.9 Å². The molecule has 0 saturated carbocycles. The Labute approximate surface area is 132 Å². The molecule has 0 fully saturated rings. The van der Waals surface area contributed by atoms with Crippen molar-refractivity contribution in [3.8, 4) is 0 Å². The fourth-order valence-corrected chi connectivity index (χ4v) is 1.98. The molecule has 128 valence electrons. The summed E-state index contributed by atoms with van der Waals surface area (Å²) in [5, 5.41) is 2.42. The van der Waals surface area contributed by atoms with E-state index in [2.05, 4.69) is 5.32 Å². The molecule has 0 aliphatic rings. The summed E-state index contributed by atoms with van der Waals surface area (Å²) < 4.78 is 9.80. The van der Waals surface area contributed by atoms with Gasteiger partial charge in [0, 0.05) is 6.42 Å². The van der Waals surface area contributed by atoms with Crippen LogP contribution in [-0.2, 0) is 19.1 Å². The van der Waals surface area contributed by atoms with E-state index < -0.39 is 11.7 Å². The van der Waals surface area contributed by atoms with Crippen LogP contribution in [0.5, 0.6) is 0 Å². The molecule has 0 rings (SSSR count). The van der Waals surface area contributed by atoms with Gasteiger partial charge < -0.3 is 14.8 Å². The zero-order valence-electron chi connectivity index (χ0n) is 14.5. The number of hydrogen-bond donors (Lipinski definition) is 1. The molecule has 0 aliphatic heterocycles. The number of hydrogen-bond acceptors (Lipinski definition) is 5. The van der Waals surface area contributed by atoms with E-state index in [4.69, 9.17) is 9.47 Å². The van der Waals surface area contributed by atoms with Crippen LogP contribution in [0.1, 0.15) is 53.9 Å². The number of ketones is 1. The molecule has 1 unspecified atom stereocenters. The van der Waals surface area contributed by atoms with Crippen LogP contribution in [0.3, 0.4) is 0 Å². The van der Waals surface area contributed by atoms with Crippen molar-refractivity contribution in [1.29, 1.82) is 0 Å². The van der Waals surface area contributed by atoms with Gasteiger partial charge >= 0.3 is 12.1 Å². The number of nitrogens with one attached hydrogen (secondary N) is 1. The molecule has 0 bridgehead atoms. The van der Waals surface area contributed by atoms with Crippen molar-refractivity contribution in [2.24, 2.45) is 11.8 Å². The van der Waals surface area contributed by atoms with Gasteiger partial charge in [-0.25, -0.2) is 4.79 Å². The summed E-state index contributed by atoms with van der Waals surface area (Å²) in [5.41, 5.74) is -0.597. The highest BCUT2D eigenvalue weighted by Crippen LogP contribution is 2.18. The van der Waals surface area contributed by atoms with E-state index in [-0.39, 0.29) is 30.6 Å². The number of carbonyl (C=O) groups is 3. The third kappa shape index (κ3) is 10.2. The molecule has 0 aromatic rings. The summed E-state index contributed by atoms with van der Waals surface area (Å²) in [6.07, 6.45) is 0.717. The zero-order valence-corrected chi connectivity index (χ0v) is 14.5. The number of rotatable bonds is 8. The maximum absolute atomic E-state index is 11.8. The normalized spacial score (nSPS) is 12.7. The van der Waals surface area contributed by atoms with Crippen molar-refractivity contribution in [3.63, 3.8) is 0 Å². The lowest BCUT2D eigenvalue weighted by Crippen LogP contribution is -2.35. The van der Waals surface area contributed by atoms with Gasteiger partial charge in [-0.2, -0.15) is 0 Å². The van der Waals surface area contributed by atoms with Gasteiger partial charge in [0.25, 0.3) is 0 Å². The lowest BCUT2D eigenvalue weighted by molar-refractivity contribution is -0.146. The maximum Gasteiger partial charge on any atom is 0.408 e. The molecule has 1 amide bonds. The molecule has 0 aromatic heterocycles. The molecule has 0 radical (unpaired) electrons. The Kier molecular flexibility index (Phi) is 8.75. The van der Waals surface area contributed by atoms with E-state index in [1.807, 2.05) is 13.8 Å². The van der Waals surface area contributed by atoms with Crippen LogP contribution in [0.4, 0.5) is 4.79 Å². The largest absolute Gasteiger partial charge is 0.469 e. The van der Waals surface area contributed by atoms with Crippen LogP contribution in [-0.4, -0.2) is 37.1 Å². The van der Waals surface area contributed by atoms with Gasteiger partial charge in [0.2, 0.25) is 0 Å². The first-order chi connectivity index (χ1) is 10.0. The molecule has 0 aromatic carbocycles. The van der Waals surface area contributed by atoms with E-state index in [9.17, 15) is 14.4 Å². The molecule has 1 atom stereocenters. The summed E-state index contributed by atoms with van der Waals surface area (Å²) in [7, 11) is 1.35. The standard InChI is InChI=1S/C16H29NO5/c1-11(2)9-12(14(19)21-6)7-8-13(18)10-17-15(20)22-16(3,4)5/h11-12H,7-10H2,1-6H3,(H,17,20). The second-order valence-electron chi connectivity index (χ2n) is 6.78. The smallest absolute Gasteiger partial charge is 0.408 e. The molecule has 0 heterocycles. The van der Waals surface area contributed by atoms with E-state index >= 15 is 0 Å².